The Hall–Kier alpha value is -2.04. The van der Waals surface area contributed by atoms with Crippen LogP contribution >= 0.6 is 0 Å². The largest absolute Gasteiger partial charge is 0.497 e. The SMILES string of the molecule is COc1ccc(CC(=O)NCC(C)C(=O)O)c(C)c1. The predicted molar refractivity (Wildman–Crippen MR) is 71.2 cm³/mol. The molecule has 2 N–H and O–H groups in total. The number of carbonyl (C=O) groups is 2. The molecule has 0 spiro atoms. The Balaban J connectivity index is 2.55. The molecule has 1 atom stereocenters. The molecule has 1 amide bonds. The predicted octanol–water partition coefficient (Wildman–Crippen LogP) is 1.38. The minimum absolute atomic E-state index is 0.142. The van der Waals surface area contributed by atoms with Gasteiger partial charge in [-0.15, -0.1) is 0 Å². The third kappa shape index (κ3) is 4.62. The Morgan fingerprint density at radius 1 is 1.42 bits per heavy atom. The molecule has 1 rings (SSSR count). The first-order chi connectivity index (χ1) is 8.93. The van der Waals surface area contributed by atoms with E-state index in [0.717, 1.165) is 16.9 Å². The molecule has 0 bridgehead atoms. The Morgan fingerprint density at radius 3 is 2.63 bits per heavy atom. The zero-order valence-electron chi connectivity index (χ0n) is 11.4. The third-order valence-electron chi connectivity index (χ3n) is 2.93. The number of rotatable bonds is 6. The van der Waals surface area contributed by atoms with Crippen molar-refractivity contribution >= 4 is 11.9 Å². The van der Waals surface area contributed by atoms with Gasteiger partial charge < -0.3 is 15.2 Å². The first-order valence-electron chi connectivity index (χ1n) is 6.07. The Morgan fingerprint density at radius 2 is 2.11 bits per heavy atom. The minimum Gasteiger partial charge on any atom is -0.497 e. The average molecular weight is 265 g/mol. The van der Waals surface area contributed by atoms with E-state index < -0.39 is 11.9 Å². The van der Waals surface area contributed by atoms with Gasteiger partial charge in [0.2, 0.25) is 5.91 Å². The van der Waals surface area contributed by atoms with Crippen molar-refractivity contribution in [1.29, 1.82) is 0 Å². The van der Waals surface area contributed by atoms with Crippen LogP contribution in [0.5, 0.6) is 5.75 Å². The van der Waals surface area contributed by atoms with E-state index in [9.17, 15) is 9.59 Å². The van der Waals surface area contributed by atoms with Gasteiger partial charge in [0.15, 0.2) is 0 Å². The van der Waals surface area contributed by atoms with Gasteiger partial charge in [0.1, 0.15) is 5.75 Å². The summed E-state index contributed by atoms with van der Waals surface area (Å²) in [5.74, 6) is -0.927. The summed E-state index contributed by atoms with van der Waals surface area (Å²) in [6, 6.07) is 5.51. The molecule has 0 saturated carbocycles. The molecule has 0 aliphatic carbocycles. The number of aryl methyl sites for hydroxylation is 1. The van der Waals surface area contributed by atoms with Gasteiger partial charge >= 0.3 is 5.97 Å². The summed E-state index contributed by atoms with van der Waals surface area (Å²) in [5.41, 5.74) is 1.88. The first-order valence-corrected chi connectivity index (χ1v) is 6.07. The monoisotopic (exact) mass is 265 g/mol. The van der Waals surface area contributed by atoms with Crippen LogP contribution < -0.4 is 10.1 Å². The maximum Gasteiger partial charge on any atom is 0.308 e. The number of aliphatic carboxylic acids is 1. The summed E-state index contributed by atoms with van der Waals surface area (Å²) in [7, 11) is 1.59. The van der Waals surface area contributed by atoms with E-state index in [4.69, 9.17) is 9.84 Å². The van der Waals surface area contributed by atoms with E-state index in [0.29, 0.717) is 0 Å². The van der Waals surface area contributed by atoms with Gasteiger partial charge in [-0.05, 0) is 30.2 Å². The standard InChI is InChI=1S/C14H19NO4/c1-9-6-12(19-3)5-4-11(9)7-13(16)15-8-10(2)14(17)18/h4-6,10H,7-8H2,1-3H3,(H,15,16)(H,17,18). The molecule has 0 radical (unpaired) electrons. The number of carboxylic acids is 1. The Labute approximate surface area is 112 Å². The van der Waals surface area contributed by atoms with Gasteiger partial charge in [-0.1, -0.05) is 13.0 Å². The lowest BCUT2D eigenvalue weighted by Gasteiger charge is -2.10. The minimum atomic E-state index is -0.916. The van der Waals surface area contributed by atoms with Crippen molar-refractivity contribution in [2.75, 3.05) is 13.7 Å². The van der Waals surface area contributed by atoms with Crippen molar-refractivity contribution in [2.45, 2.75) is 20.3 Å². The second kappa shape index (κ2) is 6.78. The van der Waals surface area contributed by atoms with Crippen molar-refractivity contribution < 1.29 is 19.4 Å². The van der Waals surface area contributed by atoms with Crippen LogP contribution in [-0.2, 0) is 16.0 Å². The van der Waals surface area contributed by atoms with Gasteiger partial charge in [-0.25, -0.2) is 0 Å². The highest BCUT2D eigenvalue weighted by Crippen LogP contribution is 2.17. The van der Waals surface area contributed by atoms with Gasteiger partial charge in [0.05, 0.1) is 19.4 Å². The fourth-order valence-electron chi connectivity index (χ4n) is 1.58. The number of methoxy groups -OCH3 is 1. The van der Waals surface area contributed by atoms with Gasteiger partial charge in [0.25, 0.3) is 0 Å². The van der Waals surface area contributed by atoms with Crippen LogP contribution in [0.25, 0.3) is 0 Å². The fraction of sp³-hybridized carbons (Fsp3) is 0.429. The van der Waals surface area contributed by atoms with Crippen molar-refractivity contribution in [3.05, 3.63) is 29.3 Å². The van der Waals surface area contributed by atoms with Crippen LogP contribution in [0.2, 0.25) is 0 Å². The summed E-state index contributed by atoms with van der Waals surface area (Å²) in [6.07, 6.45) is 0.238. The second-order valence-corrected chi connectivity index (χ2v) is 4.51. The summed E-state index contributed by atoms with van der Waals surface area (Å²) >= 11 is 0. The molecule has 0 aromatic heterocycles. The van der Waals surface area contributed by atoms with E-state index in [-0.39, 0.29) is 18.9 Å². The molecule has 0 aliphatic rings. The lowest BCUT2D eigenvalue weighted by molar-refractivity contribution is -0.141. The smallest absolute Gasteiger partial charge is 0.308 e. The molecular weight excluding hydrogens is 246 g/mol. The summed E-state index contributed by atoms with van der Waals surface area (Å²) in [4.78, 5) is 22.3. The van der Waals surface area contributed by atoms with Crippen LogP contribution in [-0.4, -0.2) is 30.6 Å². The van der Waals surface area contributed by atoms with E-state index in [2.05, 4.69) is 5.32 Å². The molecule has 0 fully saturated rings. The maximum absolute atomic E-state index is 11.7. The Bertz CT molecular complexity index is 471. The topological polar surface area (TPSA) is 75.6 Å². The van der Waals surface area contributed by atoms with E-state index in [1.54, 1.807) is 20.1 Å². The molecule has 1 aromatic rings. The zero-order chi connectivity index (χ0) is 14.4. The van der Waals surface area contributed by atoms with Crippen molar-refractivity contribution in [3.8, 4) is 5.75 Å². The van der Waals surface area contributed by atoms with Crippen LogP contribution in [0, 0.1) is 12.8 Å². The van der Waals surface area contributed by atoms with Crippen LogP contribution in [0.4, 0.5) is 0 Å². The average Bonchev–Trinajstić information content (AvgIpc) is 2.38. The molecular formula is C14H19NO4. The quantitative estimate of drug-likeness (QED) is 0.815. The van der Waals surface area contributed by atoms with Gasteiger partial charge in [-0.2, -0.15) is 0 Å². The molecule has 1 aromatic carbocycles. The molecule has 19 heavy (non-hydrogen) atoms. The van der Waals surface area contributed by atoms with Crippen LogP contribution in [0.3, 0.4) is 0 Å². The number of hydrogen-bond donors (Lipinski definition) is 2. The van der Waals surface area contributed by atoms with Crippen molar-refractivity contribution in [2.24, 2.45) is 5.92 Å². The van der Waals surface area contributed by atoms with Crippen molar-refractivity contribution in [3.63, 3.8) is 0 Å². The summed E-state index contributed by atoms with van der Waals surface area (Å²) in [5, 5.41) is 11.3. The summed E-state index contributed by atoms with van der Waals surface area (Å²) in [6.45, 7) is 3.61. The number of carbonyl (C=O) groups excluding carboxylic acids is 1. The van der Waals surface area contributed by atoms with Crippen LogP contribution in [0.15, 0.2) is 18.2 Å². The molecule has 0 aliphatic heterocycles. The third-order valence-corrected chi connectivity index (χ3v) is 2.93. The lowest BCUT2D eigenvalue weighted by atomic mass is 10.0. The van der Waals surface area contributed by atoms with Gasteiger partial charge in [-0.3, -0.25) is 9.59 Å². The molecule has 5 heteroatoms. The van der Waals surface area contributed by atoms with Crippen LogP contribution in [0.1, 0.15) is 18.1 Å². The highest BCUT2D eigenvalue weighted by atomic mass is 16.5. The van der Waals surface area contributed by atoms with Crippen molar-refractivity contribution in [1.82, 2.24) is 5.32 Å². The maximum atomic E-state index is 11.7. The lowest BCUT2D eigenvalue weighted by Crippen LogP contribution is -2.32. The zero-order valence-corrected chi connectivity index (χ0v) is 11.4. The molecule has 5 nitrogen and oxygen atoms in total. The molecule has 0 saturated heterocycles. The molecule has 104 valence electrons. The van der Waals surface area contributed by atoms with E-state index in [1.807, 2.05) is 19.1 Å². The number of hydrogen-bond acceptors (Lipinski definition) is 3. The second-order valence-electron chi connectivity index (χ2n) is 4.51. The number of ether oxygens (including phenoxy) is 1. The number of nitrogens with one attached hydrogen (secondary N) is 1. The Kier molecular flexibility index (Phi) is 5.36. The fourth-order valence-corrected chi connectivity index (χ4v) is 1.58. The van der Waals surface area contributed by atoms with Gasteiger partial charge in [0, 0.05) is 6.54 Å². The van der Waals surface area contributed by atoms with E-state index >= 15 is 0 Å². The number of benzene rings is 1. The molecule has 1 unspecified atom stereocenters. The molecule has 0 heterocycles. The highest BCUT2D eigenvalue weighted by molar-refractivity contribution is 5.79. The number of carboxylic acid groups (broad SMARTS) is 1. The highest BCUT2D eigenvalue weighted by Gasteiger charge is 2.13. The van der Waals surface area contributed by atoms with E-state index in [1.165, 1.54) is 0 Å². The number of amides is 1. The first kappa shape index (κ1) is 15.0. The summed E-state index contributed by atoms with van der Waals surface area (Å²) < 4.78 is 5.09. The normalized spacial score (nSPS) is 11.7.